The number of unbranched alkanes of at least 4 members (excludes halogenated alkanes) is 7. The molecule has 0 heterocycles. The van der Waals surface area contributed by atoms with Crippen LogP contribution in [0.15, 0.2) is 0 Å². The van der Waals surface area contributed by atoms with Crippen molar-refractivity contribution in [2.45, 2.75) is 137 Å². The standard InChI is InChI=1S/C22H47N/c1-8-11-12-13-14-15-16-17-20-23(21(4,5)18-9-2)22(6,7)19-10-3/h8-20H2,1-7H3. The van der Waals surface area contributed by atoms with Gasteiger partial charge in [-0.15, -0.1) is 0 Å². The summed E-state index contributed by atoms with van der Waals surface area (Å²) in [7, 11) is 0. The Kier molecular flexibility index (Phi) is 12.3. The quantitative estimate of drug-likeness (QED) is 0.280. The molecule has 0 unspecified atom stereocenters. The topological polar surface area (TPSA) is 3.24 Å². The van der Waals surface area contributed by atoms with Crippen LogP contribution in [0.25, 0.3) is 0 Å². The van der Waals surface area contributed by atoms with E-state index in [9.17, 15) is 0 Å². The van der Waals surface area contributed by atoms with E-state index in [1.807, 2.05) is 0 Å². The lowest BCUT2D eigenvalue weighted by atomic mass is 9.86. The Bertz CT molecular complexity index is 249. The van der Waals surface area contributed by atoms with Crippen LogP contribution in [0.4, 0.5) is 0 Å². The third kappa shape index (κ3) is 9.75. The monoisotopic (exact) mass is 325 g/mol. The van der Waals surface area contributed by atoms with Crippen LogP contribution in [0.5, 0.6) is 0 Å². The molecule has 0 amide bonds. The molecule has 0 aliphatic carbocycles. The second kappa shape index (κ2) is 12.3. The number of hydrogen-bond donors (Lipinski definition) is 0. The summed E-state index contributed by atoms with van der Waals surface area (Å²) < 4.78 is 0. The first-order valence-electron chi connectivity index (χ1n) is 10.6. The van der Waals surface area contributed by atoms with Crippen molar-refractivity contribution < 1.29 is 0 Å². The Morgan fingerprint density at radius 1 is 0.522 bits per heavy atom. The van der Waals surface area contributed by atoms with E-state index >= 15 is 0 Å². The molecule has 1 nitrogen and oxygen atoms in total. The highest BCUT2D eigenvalue weighted by molar-refractivity contribution is 4.92. The molecule has 140 valence electrons. The lowest BCUT2D eigenvalue weighted by Crippen LogP contribution is -2.55. The summed E-state index contributed by atoms with van der Waals surface area (Å²) in [6.45, 7) is 18.0. The Labute approximate surface area is 148 Å². The average Bonchev–Trinajstić information content (AvgIpc) is 2.44. The molecule has 1 heteroatoms. The van der Waals surface area contributed by atoms with Crippen molar-refractivity contribution in [3.8, 4) is 0 Å². The van der Waals surface area contributed by atoms with Gasteiger partial charge in [-0.1, -0.05) is 78.6 Å². The van der Waals surface area contributed by atoms with E-state index in [4.69, 9.17) is 0 Å². The van der Waals surface area contributed by atoms with Crippen molar-refractivity contribution in [2.75, 3.05) is 6.54 Å². The fourth-order valence-corrected chi connectivity index (χ4v) is 4.32. The number of hydrogen-bond acceptors (Lipinski definition) is 1. The molecule has 0 aromatic heterocycles. The van der Waals surface area contributed by atoms with Gasteiger partial charge in [-0.05, 0) is 53.5 Å². The molecule has 0 radical (unpaired) electrons. The van der Waals surface area contributed by atoms with Crippen LogP contribution in [-0.2, 0) is 0 Å². The van der Waals surface area contributed by atoms with E-state index in [0.29, 0.717) is 11.1 Å². The molecule has 0 aliphatic heterocycles. The third-order valence-corrected chi connectivity index (χ3v) is 5.42. The van der Waals surface area contributed by atoms with Gasteiger partial charge >= 0.3 is 0 Å². The van der Waals surface area contributed by atoms with Crippen molar-refractivity contribution in [3.05, 3.63) is 0 Å². The van der Waals surface area contributed by atoms with Crippen molar-refractivity contribution in [2.24, 2.45) is 0 Å². The highest BCUT2D eigenvalue weighted by Gasteiger charge is 2.35. The molecule has 23 heavy (non-hydrogen) atoms. The fourth-order valence-electron chi connectivity index (χ4n) is 4.32. The maximum absolute atomic E-state index is 2.82. The van der Waals surface area contributed by atoms with Gasteiger partial charge in [0.25, 0.3) is 0 Å². The summed E-state index contributed by atoms with van der Waals surface area (Å²) in [6.07, 6.45) is 16.5. The molecule has 0 aliphatic rings. The molecule has 0 aromatic carbocycles. The van der Waals surface area contributed by atoms with Crippen LogP contribution in [0.3, 0.4) is 0 Å². The summed E-state index contributed by atoms with van der Waals surface area (Å²) in [6, 6.07) is 0. The highest BCUT2D eigenvalue weighted by Crippen LogP contribution is 2.32. The maximum atomic E-state index is 2.82. The first-order chi connectivity index (χ1) is 10.8. The van der Waals surface area contributed by atoms with Gasteiger partial charge in [-0.3, -0.25) is 4.90 Å². The lowest BCUT2D eigenvalue weighted by Gasteiger charge is -2.49. The fraction of sp³-hybridized carbons (Fsp3) is 1.00. The van der Waals surface area contributed by atoms with E-state index in [-0.39, 0.29) is 0 Å². The van der Waals surface area contributed by atoms with Gasteiger partial charge in [-0.2, -0.15) is 0 Å². The van der Waals surface area contributed by atoms with Gasteiger partial charge in [0.2, 0.25) is 0 Å². The maximum Gasteiger partial charge on any atom is 0.0158 e. The Morgan fingerprint density at radius 3 is 1.30 bits per heavy atom. The summed E-state index contributed by atoms with van der Waals surface area (Å²) in [5.74, 6) is 0. The van der Waals surface area contributed by atoms with Crippen molar-refractivity contribution in [3.63, 3.8) is 0 Å². The van der Waals surface area contributed by atoms with Crippen LogP contribution in [0, 0.1) is 0 Å². The largest absolute Gasteiger partial charge is 0.293 e. The van der Waals surface area contributed by atoms with E-state index in [0.717, 1.165) is 0 Å². The second-order valence-corrected chi connectivity index (χ2v) is 8.75. The first-order valence-corrected chi connectivity index (χ1v) is 10.6. The third-order valence-electron chi connectivity index (χ3n) is 5.42. The highest BCUT2D eigenvalue weighted by atomic mass is 15.2. The zero-order valence-corrected chi connectivity index (χ0v) is 17.6. The van der Waals surface area contributed by atoms with Gasteiger partial charge in [0.05, 0.1) is 0 Å². The average molecular weight is 326 g/mol. The zero-order chi connectivity index (χ0) is 17.8. The van der Waals surface area contributed by atoms with Gasteiger partial charge < -0.3 is 0 Å². The van der Waals surface area contributed by atoms with Crippen LogP contribution >= 0.6 is 0 Å². The summed E-state index contributed by atoms with van der Waals surface area (Å²) in [5.41, 5.74) is 0.656. The van der Waals surface area contributed by atoms with E-state index in [2.05, 4.69) is 53.4 Å². The van der Waals surface area contributed by atoms with Crippen molar-refractivity contribution in [1.29, 1.82) is 0 Å². The summed E-state index contributed by atoms with van der Waals surface area (Å²) >= 11 is 0. The number of rotatable bonds is 15. The normalized spacial score (nSPS) is 13.0. The van der Waals surface area contributed by atoms with Gasteiger partial charge in [0.15, 0.2) is 0 Å². The SMILES string of the molecule is CCCCCCCCCCN(C(C)(C)CCC)C(C)(C)CCC. The molecule has 0 fully saturated rings. The second-order valence-electron chi connectivity index (χ2n) is 8.75. The predicted molar refractivity (Wildman–Crippen MR) is 107 cm³/mol. The van der Waals surface area contributed by atoms with Crippen LogP contribution < -0.4 is 0 Å². The molecule has 0 saturated carbocycles. The van der Waals surface area contributed by atoms with E-state index in [1.54, 1.807) is 0 Å². The van der Waals surface area contributed by atoms with E-state index in [1.165, 1.54) is 83.6 Å². The van der Waals surface area contributed by atoms with Crippen LogP contribution in [0.2, 0.25) is 0 Å². The van der Waals surface area contributed by atoms with Crippen LogP contribution in [-0.4, -0.2) is 22.5 Å². The summed E-state index contributed by atoms with van der Waals surface area (Å²) in [4.78, 5) is 2.82. The minimum atomic E-state index is 0.328. The molecular formula is C22H47N. The minimum absolute atomic E-state index is 0.328. The molecule has 0 aromatic rings. The molecule has 0 saturated heterocycles. The molecule has 0 N–H and O–H groups in total. The lowest BCUT2D eigenvalue weighted by molar-refractivity contribution is 0.00351. The van der Waals surface area contributed by atoms with Gasteiger partial charge in [-0.25, -0.2) is 0 Å². The molecule has 0 bridgehead atoms. The molecular weight excluding hydrogens is 278 g/mol. The zero-order valence-electron chi connectivity index (χ0n) is 17.6. The molecule has 0 spiro atoms. The van der Waals surface area contributed by atoms with E-state index < -0.39 is 0 Å². The number of nitrogens with zero attached hydrogens (tertiary/aromatic N) is 1. The van der Waals surface area contributed by atoms with Gasteiger partial charge in [0, 0.05) is 11.1 Å². The first kappa shape index (κ1) is 23.0. The predicted octanol–water partition coefficient (Wildman–Crippen LogP) is 7.59. The smallest absolute Gasteiger partial charge is 0.0158 e. The van der Waals surface area contributed by atoms with Crippen LogP contribution in [0.1, 0.15) is 126 Å². The Balaban J connectivity index is 4.33. The summed E-state index contributed by atoms with van der Waals surface area (Å²) in [5, 5.41) is 0. The molecule has 0 rings (SSSR count). The Hall–Kier alpha value is -0.0400. The Morgan fingerprint density at radius 2 is 0.913 bits per heavy atom. The van der Waals surface area contributed by atoms with Crippen molar-refractivity contribution >= 4 is 0 Å². The van der Waals surface area contributed by atoms with Crippen molar-refractivity contribution in [1.82, 2.24) is 4.90 Å². The van der Waals surface area contributed by atoms with Gasteiger partial charge in [0.1, 0.15) is 0 Å². The molecule has 0 atom stereocenters. The minimum Gasteiger partial charge on any atom is -0.293 e.